The Kier molecular flexibility index (Phi) is 10.9. The number of hydrogen-bond acceptors (Lipinski definition) is 8. The van der Waals surface area contributed by atoms with Gasteiger partial charge >= 0.3 is 0 Å². The lowest BCUT2D eigenvalue weighted by atomic mass is 10.1. The maximum atomic E-state index is 14.3. The van der Waals surface area contributed by atoms with E-state index in [1.54, 1.807) is 37.3 Å². The Morgan fingerprint density at radius 3 is 2.12 bits per heavy atom. The summed E-state index contributed by atoms with van der Waals surface area (Å²) in [4.78, 5) is 27.8. The summed E-state index contributed by atoms with van der Waals surface area (Å²) in [6.45, 7) is 0.811. The molecule has 0 fully saturated rings. The van der Waals surface area contributed by atoms with E-state index in [1.165, 1.54) is 70.7 Å². The minimum absolute atomic E-state index is 0.0466. The molecular weight excluding hydrogens is 586 g/mol. The molecule has 0 bridgehead atoms. The molecule has 0 saturated heterocycles. The van der Waals surface area contributed by atoms with Gasteiger partial charge in [0.1, 0.15) is 24.1 Å². The molecule has 2 amide bonds. The Hall–Kier alpha value is -4.16. The van der Waals surface area contributed by atoms with Crippen molar-refractivity contribution in [2.45, 2.75) is 24.4 Å². The van der Waals surface area contributed by atoms with Gasteiger partial charge in [0.05, 0.1) is 39.0 Å². The fraction of sp³-hybridized carbons (Fsp3) is 0.310. The summed E-state index contributed by atoms with van der Waals surface area (Å²) in [5, 5.41) is 2.93. The lowest BCUT2D eigenvalue weighted by molar-refractivity contribution is -0.139. The number of sulfonamides is 1. The van der Waals surface area contributed by atoms with E-state index < -0.39 is 34.4 Å². The van der Waals surface area contributed by atoms with Crippen molar-refractivity contribution in [3.63, 3.8) is 0 Å². The molecule has 13 heteroatoms. The third kappa shape index (κ3) is 7.00. The molecule has 0 saturated carbocycles. The van der Waals surface area contributed by atoms with Gasteiger partial charge in [-0.05, 0) is 42.8 Å². The lowest BCUT2D eigenvalue weighted by Gasteiger charge is -2.32. The van der Waals surface area contributed by atoms with Gasteiger partial charge in [-0.15, -0.1) is 0 Å². The third-order valence-electron chi connectivity index (χ3n) is 6.59. The number of likely N-dealkylation sites (N-methyl/N-ethyl adjacent to an activating group) is 1. The molecule has 3 aromatic carbocycles. The molecule has 1 atom stereocenters. The van der Waals surface area contributed by atoms with E-state index in [0.717, 1.165) is 4.31 Å². The second kappa shape index (κ2) is 14.1. The molecule has 0 unspecified atom stereocenters. The Bertz CT molecular complexity index is 1530. The quantitative estimate of drug-likeness (QED) is 0.307. The number of nitrogens with zero attached hydrogens (tertiary/aromatic N) is 2. The third-order valence-corrected chi connectivity index (χ3v) is 8.71. The molecule has 3 aromatic rings. The molecule has 11 nitrogen and oxygen atoms in total. The zero-order valence-corrected chi connectivity index (χ0v) is 25.8. The average molecular weight is 620 g/mol. The van der Waals surface area contributed by atoms with Crippen LogP contribution in [0.15, 0.2) is 65.6 Å². The van der Waals surface area contributed by atoms with E-state index in [2.05, 4.69) is 5.32 Å². The molecule has 0 heterocycles. The zero-order valence-electron chi connectivity index (χ0n) is 24.2. The lowest BCUT2D eigenvalue weighted by Crippen LogP contribution is -2.50. The van der Waals surface area contributed by atoms with E-state index in [9.17, 15) is 18.0 Å². The normalized spacial score (nSPS) is 11.7. The molecule has 0 aliphatic rings. The number of rotatable bonds is 13. The zero-order chi connectivity index (χ0) is 31.0. The van der Waals surface area contributed by atoms with Gasteiger partial charge in [0.25, 0.3) is 10.0 Å². The van der Waals surface area contributed by atoms with Crippen LogP contribution in [0, 0.1) is 0 Å². The van der Waals surface area contributed by atoms with Gasteiger partial charge in [-0.25, -0.2) is 8.42 Å². The predicted molar refractivity (Wildman–Crippen MR) is 159 cm³/mol. The van der Waals surface area contributed by atoms with Crippen LogP contribution in [0.4, 0.5) is 5.69 Å². The standard InChI is InChI=1S/C29H34ClN3O8S/c1-19(29(35)31-2)32(17-20-9-7-8-10-23(20)30)28(34)18-33(24-15-21(38-3)11-13-25(24)39-4)42(36,37)22-12-14-26(40-5)27(16-22)41-6/h7-16,19H,17-18H2,1-6H3,(H,31,35)/t19-/m1/s1. The minimum atomic E-state index is -4.44. The van der Waals surface area contributed by atoms with Gasteiger partial charge in [-0.2, -0.15) is 0 Å². The van der Waals surface area contributed by atoms with E-state index in [-0.39, 0.29) is 28.6 Å². The molecule has 42 heavy (non-hydrogen) atoms. The molecular formula is C29H34ClN3O8S. The van der Waals surface area contributed by atoms with Crippen LogP contribution in [0.25, 0.3) is 0 Å². The van der Waals surface area contributed by atoms with Crippen LogP contribution in [0.3, 0.4) is 0 Å². The average Bonchev–Trinajstić information content (AvgIpc) is 3.01. The molecule has 0 aliphatic heterocycles. The first-order chi connectivity index (χ1) is 20.0. The smallest absolute Gasteiger partial charge is 0.265 e. The van der Waals surface area contributed by atoms with Crippen molar-refractivity contribution < 1.29 is 37.0 Å². The number of amides is 2. The fourth-order valence-electron chi connectivity index (χ4n) is 4.21. The highest BCUT2D eigenvalue weighted by Gasteiger charge is 2.34. The van der Waals surface area contributed by atoms with Crippen molar-refractivity contribution in [3.05, 3.63) is 71.2 Å². The maximum absolute atomic E-state index is 14.3. The number of ether oxygens (including phenoxy) is 4. The summed E-state index contributed by atoms with van der Waals surface area (Å²) >= 11 is 6.37. The number of halogens is 1. The summed E-state index contributed by atoms with van der Waals surface area (Å²) in [6, 6.07) is 14.6. The van der Waals surface area contributed by atoms with Crippen LogP contribution >= 0.6 is 11.6 Å². The van der Waals surface area contributed by atoms with Crippen LogP contribution < -0.4 is 28.6 Å². The van der Waals surface area contributed by atoms with Crippen LogP contribution in [0.5, 0.6) is 23.0 Å². The SMILES string of the molecule is CNC(=O)[C@@H](C)N(Cc1ccccc1Cl)C(=O)CN(c1cc(OC)ccc1OC)S(=O)(=O)c1ccc(OC)c(OC)c1. The summed E-state index contributed by atoms with van der Waals surface area (Å²) < 4.78 is 50.8. The highest BCUT2D eigenvalue weighted by molar-refractivity contribution is 7.92. The number of benzene rings is 3. The molecule has 0 aromatic heterocycles. The molecule has 3 rings (SSSR count). The second-order valence-corrected chi connectivity index (χ2v) is 11.2. The Morgan fingerprint density at radius 1 is 0.881 bits per heavy atom. The predicted octanol–water partition coefficient (Wildman–Crippen LogP) is 3.73. The largest absolute Gasteiger partial charge is 0.497 e. The van der Waals surface area contributed by atoms with Crippen molar-refractivity contribution in [2.24, 2.45) is 0 Å². The van der Waals surface area contributed by atoms with Crippen LogP contribution in [0.1, 0.15) is 12.5 Å². The first-order valence-electron chi connectivity index (χ1n) is 12.7. The van der Waals surface area contributed by atoms with Gasteiger partial charge < -0.3 is 29.2 Å². The summed E-state index contributed by atoms with van der Waals surface area (Å²) in [5.41, 5.74) is 0.627. The number of nitrogens with one attached hydrogen (secondary N) is 1. The topological polar surface area (TPSA) is 124 Å². The molecule has 1 N–H and O–H groups in total. The van der Waals surface area contributed by atoms with Gasteiger partial charge in [-0.3, -0.25) is 13.9 Å². The van der Waals surface area contributed by atoms with E-state index in [0.29, 0.717) is 22.1 Å². The number of carbonyl (C=O) groups excluding carboxylic acids is 2. The van der Waals surface area contributed by atoms with Gasteiger partial charge in [0, 0.05) is 30.7 Å². The van der Waals surface area contributed by atoms with E-state index >= 15 is 0 Å². The summed E-state index contributed by atoms with van der Waals surface area (Å²) in [5.74, 6) is -0.106. The van der Waals surface area contributed by atoms with Gasteiger partial charge in [0.15, 0.2) is 11.5 Å². The van der Waals surface area contributed by atoms with Crippen molar-refractivity contribution in [1.29, 1.82) is 0 Å². The van der Waals surface area contributed by atoms with Crippen molar-refractivity contribution in [2.75, 3.05) is 46.3 Å². The second-order valence-electron chi connectivity index (χ2n) is 8.97. The maximum Gasteiger partial charge on any atom is 0.265 e. The monoisotopic (exact) mass is 619 g/mol. The van der Waals surface area contributed by atoms with Crippen molar-refractivity contribution in [1.82, 2.24) is 10.2 Å². The molecule has 0 spiro atoms. The highest BCUT2D eigenvalue weighted by Crippen LogP contribution is 2.38. The van der Waals surface area contributed by atoms with E-state index in [1.807, 2.05) is 0 Å². The highest BCUT2D eigenvalue weighted by atomic mass is 35.5. The number of carbonyl (C=O) groups is 2. The molecule has 226 valence electrons. The van der Waals surface area contributed by atoms with Crippen LogP contribution in [0.2, 0.25) is 5.02 Å². The Morgan fingerprint density at radius 2 is 1.52 bits per heavy atom. The summed E-state index contributed by atoms with van der Waals surface area (Å²) in [6.07, 6.45) is 0. The van der Waals surface area contributed by atoms with Gasteiger partial charge in [0.2, 0.25) is 11.8 Å². The van der Waals surface area contributed by atoms with Crippen LogP contribution in [-0.2, 0) is 26.2 Å². The fourth-order valence-corrected chi connectivity index (χ4v) is 5.84. The van der Waals surface area contributed by atoms with Crippen LogP contribution in [-0.4, -0.2) is 73.2 Å². The number of anilines is 1. The Balaban J connectivity index is 2.18. The van der Waals surface area contributed by atoms with Gasteiger partial charge in [-0.1, -0.05) is 29.8 Å². The molecule has 0 aliphatic carbocycles. The number of methoxy groups -OCH3 is 4. The first kappa shape index (κ1) is 32.4. The Labute approximate surface area is 250 Å². The number of hydrogen-bond donors (Lipinski definition) is 1. The molecule has 0 radical (unpaired) electrons. The first-order valence-corrected chi connectivity index (χ1v) is 14.5. The minimum Gasteiger partial charge on any atom is -0.497 e. The van der Waals surface area contributed by atoms with Crippen molar-refractivity contribution >= 4 is 39.1 Å². The van der Waals surface area contributed by atoms with E-state index in [4.69, 9.17) is 30.5 Å². The summed E-state index contributed by atoms with van der Waals surface area (Å²) in [7, 11) is 2.63. The van der Waals surface area contributed by atoms with Crippen molar-refractivity contribution in [3.8, 4) is 23.0 Å².